The van der Waals surface area contributed by atoms with Gasteiger partial charge in [0.2, 0.25) is 10.0 Å². The van der Waals surface area contributed by atoms with Crippen LogP contribution in [-0.4, -0.2) is 32.3 Å². The maximum Gasteiger partial charge on any atom is 0.263 e. The van der Waals surface area contributed by atoms with Gasteiger partial charge in [-0.05, 0) is 50.2 Å². The van der Waals surface area contributed by atoms with Gasteiger partial charge in [-0.25, -0.2) is 13.8 Å². The van der Waals surface area contributed by atoms with E-state index in [0.29, 0.717) is 17.2 Å². The van der Waals surface area contributed by atoms with Gasteiger partial charge in [0, 0.05) is 11.1 Å². The van der Waals surface area contributed by atoms with Gasteiger partial charge >= 0.3 is 0 Å². The first-order valence-corrected chi connectivity index (χ1v) is 11.4. The molecule has 1 atom stereocenters. The number of para-hydroxylation sites is 1. The van der Waals surface area contributed by atoms with Crippen LogP contribution in [0.25, 0.3) is 0 Å². The van der Waals surface area contributed by atoms with E-state index in [9.17, 15) is 13.2 Å². The van der Waals surface area contributed by atoms with Crippen molar-refractivity contribution in [3.8, 4) is 11.5 Å². The van der Waals surface area contributed by atoms with Gasteiger partial charge in [0.1, 0.15) is 17.5 Å². The number of carbonyl (C=O) groups is 1. The zero-order chi connectivity index (χ0) is 22.5. The number of hydrazone groups is 1. The molecule has 0 aliphatic carbocycles. The third-order valence-corrected chi connectivity index (χ3v) is 5.82. The number of sulfonamides is 1. The Morgan fingerprint density at radius 2 is 1.57 bits per heavy atom. The first kappa shape index (κ1) is 23.4. The van der Waals surface area contributed by atoms with Gasteiger partial charge in [0.05, 0.1) is 11.9 Å². The van der Waals surface area contributed by atoms with Gasteiger partial charge in [0.25, 0.3) is 5.91 Å². The highest BCUT2D eigenvalue weighted by Crippen LogP contribution is 2.27. The van der Waals surface area contributed by atoms with Crippen molar-refractivity contribution in [3.05, 3.63) is 54.6 Å². The molecule has 8 heteroatoms. The van der Waals surface area contributed by atoms with Crippen LogP contribution in [0.2, 0.25) is 0 Å². The van der Waals surface area contributed by atoms with Crippen LogP contribution in [0.3, 0.4) is 0 Å². The molecule has 0 unspecified atom stereocenters. The number of anilines is 1. The number of amides is 1. The van der Waals surface area contributed by atoms with Gasteiger partial charge in [-0.3, -0.25) is 9.10 Å². The summed E-state index contributed by atoms with van der Waals surface area (Å²) in [6, 6.07) is 14.8. The normalized spacial score (nSPS) is 13.5. The molecule has 0 spiro atoms. The summed E-state index contributed by atoms with van der Waals surface area (Å²) >= 11 is 0. The minimum Gasteiger partial charge on any atom is -0.457 e. The number of nitrogens with one attached hydrogen (secondary N) is 1. The van der Waals surface area contributed by atoms with E-state index in [4.69, 9.17) is 4.74 Å². The van der Waals surface area contributed by atoms with E-state index in [0.717, 1.165) is 16.3 Å². The van der Waals surface area contributed by atoms with E-state index >= 15 is 0 Å². The predicted octanol–water partition coefficient (Wildman–Crippen LogP) is 4.17. The summed E-state index contributed by atoms with van der Waals surface area (Å²) < 4.78 is 31.7. The Morgan fingerprint density at radius 1 is 1.03 bits per heavy atom. The van der Waals surface area contributed by atoms with E-state index in [2.05, 4.69) is 10.5 Å². The fourth-order valence-corrected chi connectivity index (χ4v) is 3.67. The molecule has 162 valence electrons. The number of rotatable bonds is 7. The van der Waals surface area contributed by atoms with Crippen molar-refractivity contribution in [1.82, 2.24) is 5.43 Å². The molecule has 0 saturated heterocycles. The summed E-state index contributed by atoms with van der Waals surface area (Å²) in [7, 11) is -3.72. The molecule has 0 radical (unpaired) electrons. The average Bonchev–Trinajstić information content (AvgIpc) is 2.66. The largest absolute Gasteiger partial charge is 0.457 e. The minimum atomic E-state index is -3.72. The maximum absolute atomic E-state index is 12.6. The Labute approximate surface area is 178 Å². The van der Waals surface area contributed by atoms with E-state index in [1.807, 2.05) is 58.0 Å². The number of carbonyl (C=O) groups excluding carboxylic acids is 1. The van der Waals surface area contributed by atoms with Crippen LogP contribution in [-0.2, 0) is 14.8 Å². The molecule has 1 amide bonds. The lowest BCUT2D eigenvalue weighted by Gasteiger charge is -2.28. The standard InChI is InChI=1S/C22H29N3O4S/c1-16(21(26)24-23-17(2)22(3,4)5)25(30(6,27)28)18-12-14-20(15-13-18)29-19-10-8-7-9-11-19/h7-16H,1-6H3,(H,24,26)/b23-17-/t16-/m1/s1. The molecule has 0 aliphatic heterocycles. The fourth-order valence-electron chi connectivity index (χ4n) is 2.49. The van der Waals surface area contributed by atoms with Crippen LogP contribution in [0, 0.1) is 5.41 Å². The van der Waals surface area contributed by atoms with Crippen LogP contribution in [0.4, 0.5) is 5.69 Å². The van der Waals surface area contributed by atoms with Gasteiger partial charge in [-0.2, -0.15) is 5.10 Å². The minimum absolute atomic E-state index is 0.207. The van der Waals surface area contributed by atoms with E-state index in [-0.39, 0.29) is 5.41 Å². The monoisotopic (exact) mass is 431 g/mol. The van der Waals surface area contributed by atoms with Crippen molar-refractivity contribution < 1.29 is 17.9 Å². The molecule has 0 saturated carbocycles. The lowest BCUT2D eigenvalue weighted by atomic mass is 9.91. The van der Waals surface area contributed by atoms with E-state index in [1.165, 1.54) is 6.92 Å². The molecule has 2 aromatic rings. The number of hydrogen-bond donors (Lipinski definition) is 1. The zero-order valence-electron chi connectivity index (χ0n) is 18.2. The molecule has 0 fully saturated rings. The van der Waals surface area contributed by atoms with Gasteiger partial charge in [-0.15, -0.1) is 0 Å². The van der Waals surface area contributed by atoms with E-state index < -0.39 is 22.0 Å². The highest BCUT2D eigenvalue weighted by molar-refractivity contribution is 7.92. The van der Waals surface area contributed by atoms with Crippen molar-refractivity contribution in [2.45, 2.75) is 40.7 Å². The number of benzene rings is 2. The van der Waals surface area contributed by atoms with Crippen molar-refractivity contribution in [2.24, 2.45) is 10.5 Å². The van der Waals surface area contributed by atoms with Gasteiger partial charge in [-0.1, -0.05) is 39.0 Å². The summed E-state index contributed by atoms with van der Waals surface area (Å²) in [5, 5.41) is 4.11. The van der Waals surface area contributed by atoms with E-state index in [1.54, 1.807) is 24.3 Å². The Kier molecular flexibility index (Phi) is 7.25. The second kappa shape index (κ2) is 9.30. The molecule has 2 aromatic carbocycles. The second-order valence-corrected chi connectivity index (χ2v) is 9.93. The van der Waals surface area contributed by atoms with Gasteiger partial charge in [0.15, 0.2) is 0 Å². The van der Waals surface area contributed by atoms with Crippen LogP contribution < -0.4 is 14.5 Å². The molecular formula is C22H29N3O4S. The number of nitrogens with zero attached hydrogens (tertiary/aromatic N) is 2. The Balaban J connectivity index is 2.22. The fraction of sp³-hybridized carbons (Fsp3) is 0.364. The SMILES string of the molecule is C/C(=N/NC(=O)[C@@H](C)N(c1ccc(Oc2ccccc2)cc1)S(C)(=O)=O)C(C)(C)C. The molecule has 0 aromatic heterocycles. The van der Waals surface area contributed by atoms with Crippen molar-refractivity contribution in [2.75, 3.05) is 10.6 Å². The first-order valence-electron chi connectivity index (χ1n) is 9.56. The topological polar surface area (TPSA) is 88.1 Å². The molecule has 1 N–H and O–H groups in total. The number of hydrogen-bond acceptors (Lipinski definition) is 5. The third-order valence-electron chi connectivity index (χ3n) is 4.58. The highest BCUT2D eigenvalue weighted by atomic mass is 32.2. The lowest BCUT2D eigenvalue weighted by Crippen LogP contribution is -2.47. The van der Waals surface area contributed by atoms with Crippen LogP contribution in [0.5, 0.6) is 11.5 Å². The molecule has 0 aliphatic rings. The molecule has 30 heavy (non-hydrogen) atoms. The molecule has 7 nitrogen and oxygen atoms in total. The summed E-state index contributed by atoms with van der Waals surface area (Å²) in [5.74, 6) is 0.708. The summed E-state index contributed by atoms with van der Waals surface area (Å²) in [6.07, 6.45) is 1.06. The highest BCUT2D eigenvalue weighted by Gasteiger charge is 2.29. The average molecular weight is 432 g/mol. The van der Waals surface area contributed by atoms with Gasteiger partial charge < -0.3 is 4.74 Å². The molecule has 0 bridgehead atoms. The number of ether oxygens (including phenoxy) is 1. The Hall–Kier alpha value is -2.87. The Morgan fingerprint density at radius 3 is 2.07 bits per heavy atom. The van der Waals surface area contributed by atoms with Crippen LogP contribution in [0.1, 0.15) is 34.6 Å². The second-order valence-electron chi connectivity index (χ2n) is 8.07. The summed E-state index contributed by atoms with van der Waals surface area (Å²) in [6.45, 7) is 9.26. The van der Waals surface area contributed by atoms with Crippen LogP contribution >= 0.6 is 0 Å². The predicted molar refractivity (Wildman–Crippen MR) is 120 cm³/mol. The third kappa shape index (κ3) is 6.32. The zero-order valence-corrected chi connectivity index (χ0v) is 19.0. The van der Waals surface area contributed by atoms with Crippen molar-refractivity contribution in [1.29, 1.82) is 0 Å². The smallest absolute Gasteiger partial charge is 0.263 e. The molecule has 0 heterocycles. The first-order chi connectivity index (χ1) is 13.9. The summed E-state index contributed by atoms with van der Waals surface area (Å²) in [4.78, 5) is 12.6. The van der Waals surface area contributed by atoms with Crippen LogP contribution in [0.15, 0.2) is 59.7 Å². The van der Waals surface area contributed by atoms with Crippen molar-refractivity contribution in [3.63, 3.8) is 0 Å². The molecular weight excluding hydrogens is 402 g/mol. The van der Waals surface area contributed by atoms with Crippen molar-refractivity contribution >= 4 is 27.3 Å². The Bertz CT molecular complexity index is 995. The maximum atomic E-state index is 12.6. The lowest BCUT2D eigenvalue weighted by molar-refractivity contribution is -0.121. The summed E-state index contributed by atoms with van der Waals surface area (Å²) in [5.41, 5.74) is 3.36. The quantitative estimate of drug-likeness (QED) is 0.526. The molecule has 2 rings (SSSR count).